The third kappa shape index (κ3) is 5.45. The van der Waals surface area contributed by atoms with Crippen LogP contribution in [0.3, 0.4) is 0 Å². The SMILES string of the molecule is C#CCC(=O)CCSC. The number of Topliss-reactive ketones (excluding diaryl/α,β-unsaturated/α-hetero) is 1. The van der Waals surface area contributed by atoms with E-state index >= 15 is 0 Å². The second kappa shape index (κ2) is 5.71. The molecule has 0 aliphatic rings. The van der Waals surface area contributed by atoms with Gasteiger partial charge in [0.05, 0.1) is 6.42 Å². The van der Waals surface area contributed by atoms with Crippen molar-refractivity contribution in [1.82, 2.24) is 0 Å². The molecule has 0 aromatic heterocycles. The number of rotatable bonds is 4. The maximum Gasteiger partial charge on any atom is 0.145 e. The number of terminal acetylenes is 1. The van der Waals surface area contributed by atoms with Gasteiger partial charge in [-0.3, -0.25) is 4.79 Å². The Bertz CT molecular complexity index is 123. The van der Waals surface area contributed by atoms with Crippen LogP contribution in [0.1, 0.15) is 12.8 Å². The average molecular weight is 142 g/mol. The number of hydrogen-bond donors (Lipinski definition) is 0. The van der Waals surface area contributed by atoms with Crippen molar-refractivity contribution in [2.24, 2.45) is 0 Å². The molecular weight excluding hydrogens is 132 g/mol. The molecule has 0 bridgehead atoms. The quantitative estimate of drug-likeness (QED) is 0.551. The largest absolute Gasteiger partial charge is 0.299 e. The lowest BCUT2D eigenvalue weighted by Gasteiger charge is -1.91. The maximum atomic E-state index is 10.6. The summed E-state index contributed by atoms with van der Waals surface area (Å²) < 4.78 is 0. The molecule has 0 fully saturated rings. The van der Waals surface area contributed by atoms with Gasteiger partial charge in [-0.2, -0.15) is 11.8 Å². The fraction of sp³-hybridized carbons (Fsp3) is 0.571. The minimum absolute atomic E-state index is 0.173. The number of hydrogen-bond acceptors (Lipinski definition) is 2. The topological polar surface area (TPSA) is 17.1 Å². The van der Waals surface area contributed by atoms with E-state index in [0.29, 0.717) is 12.8 Å². The van der Waals surface area contributed by atoms with Gasteiger partial charge in [0.2, 0.25) is 0 Å². The van der Waals surface area contributed by atoms with Gasteiger partial charge >= 0.3 is 0 Å². The van der Waals surface area contributed by atoms with E-state index in [2.05, 4.69) is 5.92 Å². The molecule has 50 valence electrons. The Morgan fingerprint density at radius 2 is 2.44 bits per heavy atom. The summed E-state index contributed by atoms with van der Waals surface area (Å²) in [5, 5.41) is 0. The second-order valence-electron chi connectivity index (χ2n) is 1.66. The zero-order chi connectivity index (χ0) is 7.11. The van der Waals surface area contributed by atoms with Crippen molar-refractivity contribution in [2.45, 2.75) is 12.8 Å². The van der Waals surface area contributed by atoms with Gasteiger partial charge < -0.3 is 0 Å². The fourth-order valence-corrected chi connectivity index (χ4v) is 0.850. The molecule has 0 amide bonds. The van der Waals surface area contributed by atoms with Crippen LogP contribution < -0.4 is 0 Å². The molecule has 0 radical (unpaired) electrons. The smallest absolute Gasteiger partial charge is 0.145 e. The zero-order valence-electron chi connectivity index (χ0n) is 5.52. The fourth-order valence-electron chi connectivity index (χ4n) is 0.418. The number of carbonyl (C=O) groups excluding carboxylic acids is 1. The summed E-state index contributed by atoms with van der Waals surface area (Å²) in [6.45, 7) is 0. The van der Waals surface area contributed by atoms with Crippen molar-refractivity contribution < 1.29 is 4.79 Å². The monoisotopic (exact) mass is 142 g/mol. The molecule has 1 nitrogen and oxygen atoms in total. The molecule has 0 saturated heterocycles. The van der Waals surface area contributed by atoms with Crippen LogP contribution in [0.2, 0.25) is 0 Å². The first-order chi connectivity index (χ1) is 4.31. The van der Waals surface area contributed by atoms with Crippen molar-refractivity contribution in [1.29, 1.82) is 0 Å². The van der Waals surface area contributed by atoms with Gasteiger partial charge in [-0.15, -0.1) is 6.42 Å². The third-order valence-electron chi connectivity index (χ3n) is 0.884. The molecule has 0 atom stereocenters. The number of thioether (sulfide) groups is 1. The Hall–Kier alpha value is -0.420. The van der Waals surface area contributed by atoms with E-state index in [9.17, 15) is 4.79 Å². The second-order valence-corrected chi connectivity index (χ2v) is 2.65. The van der Waals surface area contributed by atoms with Gasteiger partial charge in [0, 0.05) is 6.42 Å². The first-order valence-corrected chi connectivity index (χ1v) is 4.14. The van der Waals surface area contributed by atoms with Gasteiger partial charge in [-0.25, -0.2) is 0 Å². The van der Waals surface area contributed by atoms with Crippen molar-refractivity contribution in [2.75, 3.05) is 12.0 Å². The molecule has 0 saturated carbocycles. The van der Waals surface area contributed by atoms with E-state index in [4.69, 9.17) is 6.42 Å². The summed E-state index contributed by atoms with van der Waals surface area (Å²) in [5.41, 5.74) is 0. The summed E-state index contributed by atoms with van der Waals surface area (Å²) in [6, 6.07) is 0. The molecule has 0 aliphatic heterocycles. The Kier molecular flexibility index (Phi) is 5.45. The summed E-state index contributed by atoms with van der Waals surface area (Å²) in [4.78, 5) is 10.6. The number of carbonyl (C=O) groups is 1. The predicted octanol–water partition coefficient (Wildman–Crippen LogP) is 1.33. The standard InChI is InChI=1S/C7H10OS/c1-3-4-7(8)5-6-9-2/h1H,4-6H2,2H3. The van der Waals surface area contributed by atoms with Gasteiger partial charge in [0.25, 0.3) is 0 Å². The van der Waals surface area contributed by atoms with Crippen LogP contribution in [0, 0.1) is 12.3 Å². The van der Waals surface area contributed by atoms with Crippen LogP contribution in [0.5, 0.6) is 0 Å². The highest BCUT2D eigenvalue weighted by Crippen LogP contribution is 1.97. The highest BCUT2D eigenvalue weighted by molar-refractivity contribution is 7.98. The molecule has 0 aromatic rings. The van der Waals surface area contributed by atoms with E-state index in [0.717, 1.165) is 5.75 Å². The molecule has 0 spiro atoms. The van der Waals surface area contributed by atoms with Crippen LogP contribution in [0.4, 0.5) is 0 Å². The van der Waals surface area contributed by atoms with Crippen molar-refractivity contribution >= 4 is 17.5 Å². The van der Waals surface area contributed by atoms with E-state index in [-0.39, 0.29) is 5.78 Å². The first-order valence-electron chi connectivity index (χ1n) is 2.75. The summed E-state index contributed by atoms with van der Waals surface area (Å²) in [7, 11) is 0. The highest BCUT2D eigenvalue weighted by atomic mass is 32.2. The summed E-state index contributed by atoms with van der Waals surface area (Å²) in [5.74, 6) is 3.38. The molecule has 0 rings (SSSR count). The van der Waals surface area contributed by atoms with Gasteiger partial charge in [0.1, 0.15) is 5.78 Å². The summed E-state index contributed by atoms with van der Waals surface area (Å²) in [6.07, 6.45) is 7.81. The van der Waals surface area contributed by atoms with Crippen LogP contribution in [-0.2, 0) is 4.79 Å². The van der Waals surface area contributed by atoms with Crippen LogP contribution in [0.25, 0.3) is 0 Å². The molecule has 0 aliphatic carbocycles. The molecular formula is C7H10OS. The van der Waals surface area contributed by atoms with E-state index in [1.165, 1.54) is 0 Å². The van der Waals surface area contributed by atoms with Gasteiger partial charge in [0.15, 0.2) is 0 Å². The zero-order valence-corrected chi connectivity index (χ0v) is 6.33. The third-order valence-corrected chi connectivity index (χ3v) is 1.50. The van der Waals surface area contributed by atoms with Gasteiger partial charge in [-0.05, 0) is 12.0 Å². The Labute approximate surface area is 60.2 Å². The Morgan fingerprint density at radius 1 is 1.78 bits per heavy atom. The lowest BCUT2D eigenvalue weighted by Crippen LogP contribution is -1.96. The van der Waals surface area contributed by atoms with E-state index < -0.39 is 0 Å². The Balaban J connectivity index is 3.19. The molecule has 0 N–H and O–H groups in total. The molecule has 0 heterocycles. The van der Waals surface area contributed by atoms with Crippen molar-refractivity contribution in [3.63, 3.8) is 0 Å². The molecule has 0 aromatic carbocycles. The summed E-state index contributed by atoms with van der Waals surface area (Å²) >= 11 is 1.67. The van der Waals surface area contributed by atoms with Crippen molar-refractivity contribution in [3.05, 3.63) is 0 Å². The normalized spacial score (nSPS) is 8.44. The minimum atomic E-state index is 0.173. The van der Waals surface area contributed by atoms with Crippen LogP contribution in [-0.4, -0.2) is 17.8 Å². The minimum Gasteiger partial charge on any atom is -0.299 e. The van der Waals surface area contributed by atoms with Crippen LogP contribution >= 0.6 is 11.8 Å². The highest BCUT2D eigenvalue weighted by Gasteiger charge is 1.96. The van der Waals surface area contributed by atoms with E-state index in [1.807, 2.05) is 6.26 Å². The van der Waals surface area contributed by atoms with Gasteiger partial charge in [-0.1, -0.05) is 5.92 Å². The van der Waals surface area contributed by atoms with E-state index in [1.54, 1.807) is 11.8 Å². The Morgan fingerprint density at radius 3 is 2.89 bits per heavy atom. The predicted molar refractivity (Wildman–Crippen MR) is 41.5 cm³/mol. The molecule has 9 heavy (non-hydrogen) atoms. The first kappa shape index (κ1) is 8.58. The lowest BCUT2D eigenvalue weighted by molar-refractivity contribution is -0.117. The number of ketones is 1. The van der Waals surface area contributed by atoms with Crippen LogP contribution in [0.15, 0.2) is 0 Å². The maximum absolute atomic E-state index is 10.6. The molecule has 2 heteroatoms. The average Bonchev–Trinajstić information content (AvgIpc) is 1.85. The van der Waals surface area contributed by atoms with Crippen molar-refractivity contribution in [3.8, 4) is 12.3 Å². The lowest BCUT2D eigenvalue weighted by atomic mass is 10.2. The molecule has 0 unspecified atom stereocenters.